The van der Waals surface area contributed by atoms with Gasteiger partial charge in [-0.1, -0.05) is 19.3 Å². The highest BCUT2D eigenvalue weighted by atomic mass is 19.4. The highest BCUT2D eigenvalue weighted by Gasteiger charge is 2.40. The van der Waals surface area contributed by atoms with Crippen molar-refractivity contribution in [2.45, 2.75) is 43.8 Å². The summed E-state index contributed by atoms with van der Waals surface area (Å²) in [6, 6.07) is 0. The molecule has 2 N–H and O–H groups in total. The van der Waals surface area contributed by atoms with Crippen LogP contribution in [0.25, 0.3) is 0 Å². The second-order valence-corrected chi connectivity index (χ2v) is 5.78. The van der Waals surface area contributed by atoms with Gasteiger partial charge < -0.3 is 10.6 Å². The smallest absolute Gasteiger partial charge is 0.346 e. The average Bonchev–Trinajstić information content (AvgIpc) is 2.40. The predicted octanol–water partition coefficient (Wildman–Crippen LogP) is 1.27. The van der Waals surface area contributed by atoms with Crippen LogP contribution < -0.4 is 10.6 Å². The van der Waals surface area contributed by atoms with E-state index in [0.29, 0.717) is 0 Å². The zero-order valence-electron chi connectivity index (χ0n) is 11.6. The summed E-state index contributed by atoms with van der Waals surface area (Å²) >= 11 is 0. The van der Waals surface area contributed by atoms with Crippen molar-refractivity contribution >= 4 is 5.91 Å². The SMILES string of the molecule is O=C(CN1CCNCC12CCCCC2)NCC(F)(F)F. The third-order valence-electron chi connectivity index (χ3n) is 4.29. The zero-order valence-corrected chi connectivity index (χ0v) is 11.6. The lowest BCUT2D eigenvalue weighted by atomic mass is 9.79. The molecule has 1 aliphatic heterocycles. The van der Waals surface area contributed by atoms with E-state index in [0.717, 1.165) is 45.3 Å². The van der Waals surface area contributed by atoms with Crippen molar-refractivity contribution in [2.24, 2.45) is 0 Å². The first-order valence-corrected chi connectivity index (χ1v) is 7.21. The highest BCUT2D eigenvalue weighted by Crippen LogP contribution is 2.34. The maximum absolute atomic E-state index is 12.1. The van der Waals surface area contributed by atoms with E-state index in [1.165, 1.54) is 6.42 Å². The first-order valence-electron chi connectivity index (χ1n) is 7.21. The molecule has 2 fully saturated rings. The zero-order chi connectivity index (χ0) is 14.6. The van der Waals surface area contributed by atoms with Crippen molar-refractivity contribution in [2.75, 3.05) is 32.7 Å². The second kappa shape index (κ2) is 6.30. The van der Waals surface area contributed by atoms with Gasteiger partial charge in [0, 0.05) is 25.2 Å². The van der Waals surface area contributed by atoms with Crippen LogP contribution in [-0.2, 0) is 4.79 Å². The van der Waals surface area contributed by atoms with Crippen molar-refractivity contribution in [1.29, 1.82) is 0 Å². The minimum absolute atomic E-state index is 0.0356. The molecule has 4 nitrogen and oxygen atoms in total. The van der Waals surface area contributed by atoms with E-state index < -0.39 is 18.6 Å². The van der Waals surface area contributed by atoms with Crippen LogP contribution in [0.1, 0.15) is 32.1 Å². The quantitative estimate of drug-likeness (QED) is 0.824. The number of rotatable bonds is 3. The molecule has 2 rings (SSSR count). The van der Waals surface area contributed by atoms with Gasteiger partial charge in [0.25, 0.3) is 0 Å². The number of hydrogen-bond donors (Lipinski definition) is 2. The number of alkyl halides is 3. The summed E-state index contributed by atoms with van der Waals surface area (Å²) in [6.07, 6.45) is 1.15. The van der Waals surface area contributed by atoms with Gasteiger partial charge in [-0.05, 0) is 12.8 Å². The molecule has 1 spiro atoms. The Morgan fingerprint density at radius 2 is 1.95 bits per heavy atom. The van der Waals surface area contributed by atoms with E-state index in [9.17, 15) is 18.0 Å². The van der Waals surface area contributed by atoms with Gasteiger partial charge in [-0.3, -0.25) is 9.69 Å². The van der Waals surface area contributed by atoms with Crippen LogP contribution in [0.15, 0.2) is 0 Å². The summed E-state index contributed by atoms with van der Waals surface area (Å²) in [4.78, 5) is 13.8. The third-order valence-corrected chi connectivity index (χ3v) is 4.29. The summed E-state index contributed by atoms with van der Waals surface area (Å²) in [5.41, 5.74) is -0.0356. The maximum atomic E-state index is 12.1. The van der Waals surface area contributed by atoms with Crippen LogP contribution in [0.3, 0.4) is 0 Å². The standard InChI is InChI=1S/C13H22F3N3O/c14-13(15,16)10-18-11(20)8-19-7-6-17-9-12(19)4-2-1-3-5-12/h17H,1-10H2,(H,18,20). The molecule has 7 heteroatoms. The lowest BCUT2D eigenvalue weighted by Gasteiger charge is -2.49. The van der Waals surface area contributed by atoms with Gasteiger partial charge in [0.05, 0.1) is 6.54 Å². The number of piperazine rings is 1. The fourth-order valence-electron chi connectivity index (χ4n) is 3.26. The van der Waals surface area contributed by atoms with Gasteiger partial charge in [0.1, 0.15) is 6.54 Å². The Morgan fingerprint density at radius 3 is 2.60 bits per heavy atom. The van der Waals surface area contributed by atoms with Crippen molar-refractivity contribution in [3.05, 3.63) is 0 Å². The largest absolute Gasteiger partial charge is 0.405 e. The predicted molar refractivity (Wildman–Crippen MR) is 69.3 cm³/mol. The van der Waals surface area contributed by atoms with Crippen molar-refractivity contribution < 1.29 is 18.0 Å². The summed E-state index contributed by atoms with van der Waals surface area (Å²) in [5, 5.41) is 5.32. The van der Waals surface area contributed by atoms with Gasteiger partial charge in [0.2, 0.25) is 5.91 Å². The number of nitrogens with one attached hydrogen (secondary N) is 2. The molecule has 0 bridgehead atoms. The molecule has 0 aromatic heterocycles. The van der Waals surface area contributed by atoms with Crippen LogP contribution in [0.4, 0.5) is 13.2 Å². The summed E-state index contributed by atoms with van der Waals surface area (Å²) < 4.78 is 36.3. The second-order valence-electron chi connectivity index (χ2n) is 5.78. The lowest BCUT2D eigenvalue weighted by Crippen LogP contribution is -2.63. The van der Waals surface area contributed by atoms with Crippen molar-refractivity contribution in [3.8, 4) is 0 Å². The molecule has 1 heterocycles. The third kappa shape index (κ3) is 4.09. The monoisotopic (exact) mass is 293 g/mol. The molecule has 1 saturated heterocycles. The highest BCUT2D eigenvalue weighted by molar-refractivity contribution is 5.78. The summed E-state index contributed by atoms with van der Waals surface area (Å²) in [7, 11) is 0. The number of carbonyl (C=O) groups excluding carboxylic acids is 1. The topological polar surface area (TPSA) is 44.4 Å². The molecule has 1 saturated carbocycles. The number of halogens is 3. The molecule has 0 aromatic rings. The molecule has 116 valence electrons. The first kappa shape index (κ1) is 15.6. The molecule has 0 atom stereocenters. The molecule has 1 amide bonds. The van der Waals surface area contributed by atoms with E-state index >= 15 is 0 Å². The summed E-state index contributed by atoms with van der Waals surface area (Å²) in [5.74, 6) is -0.533. The average molecular weight is 293 g/mol. The van der Waals surface area contributed by atoms with E-state index in [2.05, 4.69) is 10.2 Å². The molecule has 0 aromatic carbocycles. The van der Waals surface area contributed by atoms with Crippen molar-refractivity contribution in [1.82, 2.24) is 15.5 Å². The van der Waals surface area contributed by atoms with Gasteiger partial charge in [-0.2, -0.15) is 13.2 Å². The van der Waals surface area contributed by atoms with Gasteiger partial charge in [-0.15, -0.1) is 0 Å². The van der Waals surface area contributed by atoms with E-state index in [-0.39, 0.29) is 12.1 Å². The normalized spacial score (nSPS) is 23.8. The molecule has 1 aliphatic carbocycles. The van der Waals surface area contributed by atoms with Gasteiger partial charge in [-0.25, -0.2) is 0 Å². The minimum atomic E-state index is -4.35. The van der Waals surface area contributed by atoms with Gasteiger partial charge >= 0.3 is 6.18 Å². The Hall–Kier alpha value is -0.820. The van der Waals surface area contributed by atoms with Crippen LogP contribution in [0.5, 0.6) is 0 Å². The number of amides is 1. The number of carbonyl (C=O) groups is 1. The molecule has 0 unspecified atom stereocenters. The first-order chi connectivity index (χ1) is 9.41. The molecule has 20 heavy (non-hydrogen) atoms. The lowest BCUT2D eigenvalue weighted by molar-refractivity contribution is -0.140. The fourth-order valence-corrected chi connectivity index (χ4v) is 3.26. The molecular formula is C13H22F3N3O. The van der Waals surface area contributed by atoms with E-state index in [1.807, 2.05) is 5.32 Å². The van der Waals surface area contributed by atoms with E-state index in [1.54, 1.807) is 0 Å². The van der Waals surface area contributed by atoms with Crippen LogP contribution in [0.2, 0.25) is 0 Å². The Bertz CT molecular complexity index is 332. The fraction of sp³-hybridized carbons (Fsp3) is 0.923. The van der Waals surface area contributed by atoms with E-state index in [4.69, 9.17) is 0 Å². The minimum Gasteiger partial charge on any atom is -0.346 e. The Kier molecular flexibility index (Phi) is 4.90. The summed E-state index contributed by atoms with van der Waals surface area (Å²) in [6.45, 7) is 1.16. The van der Waals surface area contributed by atoms with Gasteiger partial charge in [0.15, 0.2) is 0 Å². The van der Waals surface area contributed by atoms with Crippen LogP contribution >= 0.6 is 0 Å². The van der Waals surface area contributed by atoms with Crippen LogP contribution in [0, 0.1) is 0 Å². The Labute approximate surface area is 117 Å². The maximum Gasteiger partial charge on any atom is 0.405 e. The molecule has 0 radical (unpaired) electrons. The Balaban J connectivity index is 1.90. The molecule has 2 aliphatic rings. The van der Waals surface area contributed by atoms with Crippen LogP contribution in [-0.4, -0.2) is 55.2 Å². The Morgan fingerprint density at radius 1 is 1.25 bits per heavy atom. The molecular weight excluding hydrogens is 271 g/mol. The number of nitrogens with zero attached hydrogens (tertiary/aromatic N) is 1. The number of hydrogen-bond acceptors (Lipinski definition) is 3. The van der Waals surface area contributed by atoms with Crippen molar-refractivity contribution in [3.63, 3.8) is 0 Å².